The van der Waals surface area contributed by atoms with Crippen LogP contribution in [-0.2, 0) is 38.5 Å². The van der Waals surface area contributed by atoms with Crippen LogP contribution in [0.4, 0.5) is 4.79 Å². The smallest absolute Gasteiger partial charge is 0.408 e. The molecule has 0 bridgehead atoms. The molecule has 0 radical (unpaired) electrons. The molecule has 3 aromatic rings. The van der Waals surface area contributed by atoms with Crippen molar-refractivity contribution in [3.8, 4) is 0 Å². The highest BCUT2D eigenvalue weighted by atomic mass is 79.9. The lowest BCUT2D eigenvalue weighted by atomic mass is 10.0. The number of halogens is 2. The molecule has 3 rings (SSSR count). The van der Waals surface area contributed by atoms with Gasteiger partial charge in [0.05, 0.1) is 7.11 Å². The van der Waals surface area contributed by atoms with Crippen LogP contribution in [0, 0.1) is 0 Å². The van der Waals surface area contributed by atoms with Gasteiger partial charge in [-0.3, -0.25) is 4.79 Å². The van der Waals surface area contributed by atoms with E-state index >= 15 is 0 Å². The van der Waals surface area contributed by atoms with E-state index < -0.39 is 30.1 Å². The van der Waals surface area contributed by atoms with Crippen molar-refractivity contribution in [1.82, 2.24) is 10.6 Å². The van der Waals surface area contributed by atoms with Gasteiger partial charge in [0, 0.05) is 22.3 Å². The van der Waals surface area contributed by atoms with Crippen LogP contribution in [0.25, 0.3) is 0 Å². The molecule has 2 atom stereocenters. The van der Waals surface area contributed by atoms with Crippen molar-refractivity contribution in [2.24, 2.45) is 0 Å². The fourth-order valence-corrected chi connectivity index (χ4v) is 4.10. The molecule has 2 N–H and O–H groups in total. The molecule has 0 fully saturated rings. The summed E-state index contributed by atoms with van der Waals surface area (Å²) in [6.07, 6.45) is -0.417. The zero-order chi connectivity index (χ0) is 25.9. The molecule has 0 unspecified atom stereocenters. The molecule has 2 amide bonds. The number of benzene rings is 3. The third kappa shape index (κ3) is 8.39. The monoisotopic (exact) mass is 572 g/mol. The van der Waals surface area contributed by atoms with E-state index in [1.165, 1.54) is 7.11 Å². The standard InChI is InChI=1S/C27H26BrClN2O5/c1-35-26(33)24(16-20-15-21(29)12-13-22(20)28)30-25(32)23(14-18-8-4-2-5-9-18)31-27(34)36-17-19-10-6-3-7-11-19/h2-13,15,23-24H,14,16-17H2,1H3,(H,30,32)(H,31,34)/t23-,24-/m0/s1. The summed E-state index contributed by atoms with van der Waals surface area (Å²) in [5, 5.41) is 5.83. The Labute approximate surface area is 223 Å². The van der Waals surface area contributed by atoms with Gasteiger partial charge < -0.3 is 20.1 Å². The van der Waals surface area contributed by atoms with Crippen LogP contribution < -0.4 is 10.6 Å². The van der Waals surface area contributed by atoms with E-state index in [0.29, 0.717) is 10.6 Å². The van der Waals surface area contributed by atoms with Gasteiger partial charge >= 0.3 is 12.1 Å². The van der Waals surface area contributed by atoms with Gasteiger partial charge in [0.15, 0.2) is 0 Å². The molecule has 188 valence electrons. The number of amides is 2. The number of carbonyl (C=O) groups excluding carboxylic acids is 3. The van der Waals surface area contributed by atoms with Crippen LogP contribution in [0.5, 0.6) is 0 Å². The highest BCUT2D eigenvalue weighted by Crippen LogP contribution is 2.23. The fraction of sp³-hybridized carbons (Fsp3) is 0.222. The van der Waals surface area contributed by atoms with Crippen molar-refractivity contribution in [2.45, 2.75) is 31.5 Å². The molecule has 0 aliphatic heterocycles. The third-order valence-electron chi connectivity index (χ3n) is 5.34. The molecule has 0 aromatic heterocycles. The summed E-state index contributed by atoms with van der Waals surface area (Å²) in [7, 11) is 1.25. The second kappa shape index (κ2) is 13.7. The molecule has 9 heteroatoms. The lowest BCUT2D eigenvalue weighted by Crippen LogP contribution is -2.53. The van der Waals surface area contributed by atoms with Gasteiger partial charge in [0.2, 0.25) is 5.91 Å². The summed E-state index contributed by atoms with van der Waals surface area (Å²) < 4.78 is 10.9. The van der Waals surface area contributed by atoms with E-state index in [4.69, 9.17) is 21.1 Å². The third-order valence-corrected chi connectivity index (χ3v) is 6.35. The van der Waals surface area contributed by atoms with Gasteiger partial charge in [0.1, 0.15) is 18.7 Å². The van der Waals surface area contributed by atoms with Crippen molar-refractivity contribution in [3.05, 3.63) is 105 Å². The van der Waals surface area contributed by atoms with Crippen molar-refractivity contribution < 1.29 is 23.9 Å². The molecular formula is C27H26BrClN2O5. The number of hydrogen-bond donors (Lipinski definition) is 2. The summed E-state index contributed by atoms with van der Waals surface area (Å²) in [5.74, 6) is -1.18. The van der Waals surface area contributed by atoms with E-state index in [1.807, 2.05) is 60.7 Å². The maximum absolute atomic E-state index is 13.3. The molecule has 0 heterocycles. The molecule has 3 aromatic carbocycles. The van der Waals surface area contributed by atoms with Crippen LogP contribution in [-0.4, -0.2) is 37.2 Å². The Balaban J connectivity index is 1.74. The Morgan fingerprint density at radius 1 is 0.861 bits per heavy atom. The first-order chi connectivity index (χ1) is 17.4. The molecular weight excluding hydrogens is 548 g/mol. The first-order valence-corrected chi connectivity index (χ1v) is 12.4. The minimum atomic E-state index is -1.00. The average molecular weight is 574 g/mol. The van der Waals surface area contributed by atoms with E-state index in [2.05, 4.69) is 26.6 Å². The molecule has 0 aliphatic carbocycles. The fourth-order valence-electron chi connectivity index (χ4n) is 3.49. The van der Waals surface area contributed by atoms with E-state index in [0.717, 1.165) is 15.6 Å². The predicted molar refractivity (Wildman–Crippen MR) is 140 cm³/mol. The van der Waals surface area contributed by atoms with E-state index in [1.54, 1.807) is 18.2 Å². The molecule has 0 aliphatic rings. The summed E-state index contributed by atoms with van der Waals surface area (Å²) in [6.45, 7) is 0.0555. The minimum absolute atomic E-state index is 0.0555. The summed E-state index contributed by atoms with van der Waals surface area (Å²) in [4.78, 5) is 38.4. The maximum Gasteiger partial charge on any atom is 0.408 e. The minimum Gasteiger partial charge on any atom is -0.467 e. The number of carbonyl (C=O) groups is 3. The Kier molecular flexibility index (Phi) is 10.3. The number of nitrogens with one attached hydrogen (secondary N) is 2. The number of hydrogen-bond acceptors (Lipinski definition) is 5. The van der Waals surface area contributed by atoms with Crippen molar-refractivity contribution in [2.75, 3.05) is 7.11 Å². The quantitative estimate of drug-likeness (QED) is 0.339. The number of rotatable bonds is 10. The summed E-state index contributed by atoms with van der Waals surface area (Å²) >= 11 is 9.55. The summed E-state index contributed by atoms with van der Waals surface area (Å²) in [6, 6.07) is 21.6. The first kappa shape index (κ1) is 27.2. The molecule has 0 saturated carbocycles. The van der Waals surface area contributed by atoms with Gasteiger partial charge in [-0.1, -0.05) is 88.2 Å². The van der Waals surface area contributed by atoms with Crippen molar-refractivity contribution in [3.63, 3.8) is 0 Å². The van der Waals surface area contributed by atoms with Gasteiger partial charge in [-0.2, -0.15) is 0 Å². The van der Waals surface area contributed by atoms with Crippen LogP contribution in [0.3, 0.4) is 0 Å². The lowest BCUT2D eigenvalue weighted by molar-refractivity contribution is -0.145. The van der Waals surface area contributed by atoms with Crippen molar-refractivity contribution in [1.29, 1.82) is 0 Å². The van der Waals surface area contributed by atoms with Gasteiger partial charge in [-0.05, 0) is 34.9 Å². The zero-order valence-electron chi connectivity index (χ0n) is 19.6. The zero-order valence-corrected chi connectivity index (χ0v) is 21.9. The van der Waals surface area contributed by atoms with E-state index in [-0.39, 0.29) is 19.4 Å². The second-order valence-electron chi connectivity index (χ2n) is 7.97. The molecule has 0 saturated heterocycles. The average Bonchev–Trinajstić information content (AvgIpc) is 2.89. The molecule has 0 spiro atoms. The Morgan fingerprint density at radius 2 is 1.50 bits per heavy atom. The predicted octanol–water partition coefficient (Wildman–Crippen LogP) is 4.84. The van der Waals surface area contributed by atoms with Gasteiger partial charge in [-0.25, -0.2) is 9.59 Å². The van der Waals surface area contributed by atoms with Crippen LogP contribution in [0.1, 0.15) is 16.7 Å². The van der Waals surface area contributed by atoms with Gasteiger partial charge in [-0.15, -0.1) is 0 Å². The maximum atomic E-state index is 13.3. The number of methoxy groups -OCH3 is 1. The highest BCUT2D eigenvalue weighted by Gasteiger charge is 2.28. The topological polar surface area (TPSA) is 93.7 Å². The van der Waals surface area contributed by atoms with Gasteiger partial charge in [0.25, 0.3) is 0 Å². The van der Waals surface area contributed by atoms with Crippen LogP contribution in [0.2, 0.25) is 5.02 Å². The number of alkyl carbamates (subject to hydrolysis) is 1. The highest BCUT2D eigenvalue weighted by molar-refractivity contribution is 9.10. The molecule has 7 nitrogen and oxygen atoms in total. The number of ether oxygens (including phenoxy) is 2. The summed E-state index contributed by atoms with van der Waals surface area (Å²) in [5.41, 5.74) is 2.36. The van der Waals surface area contributed by atoms with E-state index in [9.17, 15) is 14.4 Å². The normalized spacial score (nSPS) is 12.2. The largest absolute Gasteiger partial charge is 0.467 e. The Bertz CT molecular complexity index is 1180. The van der Waals surface area contributed by atoms with Crippen LogP contribution >= 0.6 is 27.5 Å². The Hall–Kier alpha value is -3.36. The second-order valence-corrected chi connectivity index (χ2v) is 9.26. The molecule has 36 heavy (non-hydrogen) atoms. The Morgan fingerprint density at radius 3 is 2.14 bits per heavy atom. The lowest BCUT2D eigenvalue weighted by Gasteiger charge is -2.23. The van der Waals surface area contributed by atoms with Crippen molar-refractivity contribution >= 4 is 45.5 Å². The van der Waals surface area contributed by atoms with Crippen LogP contribution in [0.15, 0.2) is 83.3 Å². The SMILES string of the molecule is COC(=O)[C@H](Cc1cc(Cl)ccc1Br)NC(=O)[C@H](Cc1ccccc1)NC(=O)OCc1ccccc1. The number of esters is 1. The first-order valence-electron chi connectivity index (χ1n) is 11.2.